The first-order valence-electron chi connectivity index (χ1n) is 8.54. The van der Waals surface area contributed by atoms with Crippen LogP contribution in [0.3, 0.4) is 0 Å². The van der Waals surface area contributed by atoms with Gasteiger partial charge in [0.15, 0.2) is 0 Å². The third kappa shape index (κ3) is 1.38. The Balaban J connectivity index is 1.81. The topological polar surface area (TPSA) is 89.3 Å². The molecule has 128 valence electrons. The average Bonchev–Trinajstić information content (AvgIpc) is 3.29. The van der Waals surface area contributed by atoms with Gasteiger partial charge in [0.2, 0.25) is 0 Å². The number of aliphatic hydroxyl groups excluding tert-OH is 1. The molecule has 0 spiro atoms. The zero-order chi connectivity index (χ0) is 17.0. The van der Waals surface area contributed by atoms with Crippen LogP contribution in [0.1, 0.15) is 37.7 Å². The van der Waals surface area contributed by atoms with Gasteiger partial charge in [-0.25, -0.2) is 4.79 Å². The predicted octanol–water partition coefficient (Wildman–Crippen LogP) is 0.706. The fourth-order valence-electron chi connectivity index (χ4n) is 5.76. The lowest BCUT2D eigenvalue weighted by atomic mass is 9.49. The summed E-state index contributed by atoms with van der Waals surface area (Å²) >= 11 is 0. The fraction of sp³-hybridized carbons (Fsp3) is 0.667. The predicted molar refractivity (Wildman–Crippen MR) is 81.6 cm³/mol. The van der Waals surface area contributed by atoms with Gasteiger partial charge in [0.1, 0.15) is 23.4 Å². The molecule has 7 atom stereocenters. The number of hydrogen-bond acceptors (Lipinski definition) is 6. The van der Waals surface area contributed by atoms with Gasteiger partial charge in [-0.05, 0) is 18.1 Å². The molecule has 24 heavy (non-hydrogen) atoms. The Morgan fingerprint density at radius 1 is 1.29 bits per heavy atom. The number of epoxide rings is 1. The van der Waals surface area contributed by atoms with E-state index in [-0.39, 0.29) is 35.8 Å². The quantitative estimate of drug-likeness (QED) is 0.602. The molecule has 2 aliphatic heterocycles. The Morgan fingerprint density at radius 3 is 2.75 bits per heavy atom. The minimum absolute atomic E-state index is 0.201. The first kappa shape index (κ1) is 14.7. The van der Waals surface area contributed by atoms with Crippen molar-refractivity contribution in [2.24, 2.45) is 11.3 Å². The second kappa shape index (κ2) is 4.11. The van der Waals surface area contributed by atoms with E-state index < -0.39 is 16.9 Å². The van der Waals surface area contributed by atoms with Gasteiger partial charge in [0.25, 0.3) is 0 Å². The van der Waals surface area contributed by atoms with Gasteiger partial charge < -0.3 is 19.0 Å². The van der Waals surface area contributed by atoms with E-state index in [0.717, 1.165) is 11.1 Å². The van der Waals surface area contributed by atoms with Gasteiger partial charge in [-0.15, -0.1) is 0 Å². The molecule has 0 radical (unpaired) electrons. The molecular weight excluding hydrogens is 312 g/mol. The van der Waals surface area contributed by atoms with Crippen LogP contribution < -0.4 is 5.63 Å². The zero-order valence-electron chi connectivity index (χ0n) is 13.9. The maximum Gasteiger partial charge on any atom is 0.336 e. The fourth-order valence-corrected chi connectivity index (χ4v) is 5.76. The van der Waals surface area contributed by atoms with Crippen LogP contribution in [0.25, 0.3) is 0 Å². The standard InChI is InChI=1S/C18H20O6/c1-4-9-7-5-10-13-17(2,8(7)6-11(19)22-9)15-12(24-15)14(20)18(13,3)16(21)23-10/h6,10,12-15,20H,4-5H2,1-3H3/t10-,12-,13-,14-,15-,17-,18-/m1/s1. The van der Waals surface area contributed by atoms with E-state index in [4.69, 9.17) is 13.9 Å². The van der Waals surface area contributed by atoms with Gasteiger partial charge in [-0.2, -0.15) is 0 Å². The van der Waals surface area contributed by atoms with Crippen LogP contribution in [0, 0.1) is 11.3 Å². The highest BCUT2D eigenvalue weighted by molar-refractivity contribution is 5.82. The lowest BCUT2D eigenvalue weighted by Crippen LogP contribution is -2.62. The Kier molecular flexibility index (Phi) is 2.51. The van der Waals surface area contributed by atoms with Gasteiger partial charge in [0.05, 0.1) is 12.2 Å². The Morgan fingerprint density at radius 2 is 2.04 bits per heavy atom. The van der Waals surface area contributed by atoms with E-state index in [9.17, 15) is 14.7 Å². The molecule has 1 aromatic rings. The molecule has 6 heteroatoms. The summed E-state index contributed by atoms with van der Waals surface area (Å²) < 4.78 is 16.9. The SMILES string of the molecule is CCc1oc(=O)cc2c1C[C@H]1OC(=O)[C@@]3(C)[C@H](O)[C@H]4O[C@H]4[C@@]2(C)[C@@H]13. The van der Waals surface area contributed by atoms with Crippen LogP contribution in [0.2, 0.25) is 0 Å². The Bertz CT molecular complexity index is 827. The highest BCUT2D eigenvalue weighted by atomic mass is 16.6. The smallest absolute Gasteiger partial charge is 0.336 e. The van der Waals surface area contributed by atoms with Crippen LogP contribution in [-0.4, -0.2) is 35.5 Å². The van der Waals surface area contributed by atoms with Crippen molar-refractivity contribution in [1.29, 1.82) is 0 Å². The van der Waals surface area contributed by atoms with Gasteiger partial charge >= 0.3 is 11.6 Å². The van der Waals surface area contributed by atoms with Gasteiger partial charge in [0, 0.05) is 30.2 Å². The summed E-state index contributed by atoms with van der Waals surface area (Å²) in [6.07, 6.45) is -0.648. The molecular formula is C18H20O6. The zero-order valence-corrected chi connectivity index (χ0v) is 13.9. The summed E-state index contributed by atoms with van der Waals surface area (Å²) in [4.78, 5) is 24.7. The normalized spacial score (nSPS) is 47.5. The molecule has 6 nitrogen and oxygen atoms in total. The van der Waals surface area contributed by atoms with E-state index >= 15 is 0 Å². The van der Waals surface area contributed by atoms with Crippen LogP contribution in [0.15, 0.2) is 15.3 Å². The number of aryl methyl sites for hydroxylation is 1. The maximum absolute atomic E-state index is 12.6. The van der Waals surface area contributed by atoms with Crippen LogP contribution >= 0.6 is 0 Å². The number of ether oxygens (including phenoxy) is 2. The van der Waals surface area contributed by atoms with Crippen LogP contribution in [-0.2, 0) is 32.5 Å². The van der Waals surface area contributed by atoms with E-state index in [0.29, 0.717) is 18.6 Å². The molecule has 1 saturated carbocycles. The number of aliphatic hydroxyl groups is 1. The first-order valence-corrected chi connectivity index (χ1v) is 8.54. The average molecular weight is 332 g/mol. The minimum Gasteiger partial charge on any atom is -0.461 e. The molecule has 0 unspecified atom stereocenters. The summed E-state index contributed by atoms with van der Waals surface area (Å²) in [7, 11) is 0. The van der Waals surface area contributed by atoms with E-state index in [2.05, 4.69) is 0 Å². The largest absolute Gasteiger partial charge is 0.461 e. The summed E-state index contributed by atoms with van der Waals surface area (Å²) in [5, 5.41) is 10.7. The number of carbonyl (C=O) groups excluding carboxylic acids is 1. The van der Waals surface area contributed by atoms with E-state index in [1.165, 1.54) is 0 Å². The summed E-state index contributed by atoms with van der Waals surface area (Å²) in [5.74, 6) is 0.0794. The number of esters is 1. The van der Waals surface area contributed by atoms with Crippen molar-refractivity contribution < 1.29 is 23.8 Å². The molecule has 0 bridgehead atoms. The Labute approximate surface area is 138 Å². The third-order valence-electron chi connectivity index (χ3n) is 6.86. The molecule has 0 amide bonds. The second-order valence-electron chi connectivity index (χ2n) is 7.89. The Hall–Kier alpha value is -1.66. The van der Waals surface area contributed by atoms with Gasteiger partial charge in [-0.3, -0.25) is 4.79 Å². The molecule has 0 aromatic carbocycles. The molecule has 2 saturated heterocycles. The van der Waals surface area contributed by atoms with Crippen LogP contribution in [0.4, 0.5) is 0 Å². The molecule has 4 aliphatic rings. The summed E-state index contributed by atoms with van der Waals surface area (Å²) in [5.41, 5.74) is -0.0510. The minimum atomic E-state index is -1.00. The van der Waals surface area contributed by atoms with Crippen molar-refractivity contribution in [2.75, 3.05) is 0 Å². The highest BCUT2D eigenvalue weighted by Crippen LogP contribution is 2.66. The molecule has 1 N–H and O–H groups in total. The van der Waals surface area contributed by atoms with Crippen molar-refractivity contribution in [3.8, 4) is 0 Å². The van der Waals surface area contributed by atoms with E-state index in [1.807, 2.05) is 13.8 Å². The van der Waals surface area contributed by atoms with Crippen molar-refractivity contribution in [2.45, 2.75) is 63.4 Å². The maximum atomic E-state index is 12.6. The lowest BCUT2D eigenvalue weighted by molar-refractivity contribution is -0.154. The first-order chi connectivity index (χ1) is 11.3. The number of hydrogen-bond donors (Lipinski definition) is 1. The number of fused-ring (bicyclic) bond motifs is 4. The monoisotopic (exact) mass is 332 g/mol. The number of carbonyl (C=O) groups is 1. The number of rotatable bonds is 1. The molecule has 5 rings (SSSR count). The summed E-state index contributed by atoms with van der Waals surface area (Å²) in [6.45, 7) is 5.76. The molecule has 1 aromatic heterocycles. The summed E-state index contributed by atoms with van der Waals surface area (Å²) in [6, 6.07) is 1.55. The van der Waals surface area contributed by atoms with Gasteiger partial charge in [-0.1, -0.05) is 13.8 Å². The molecule has 2 aliphatic carbocycles. The van der Waals surface area contributed by atoms with Crippen LogP contribution in [0.5, 0.6) is 0 Å². The van der Waals surface area contributed by atoms with Crippen molar-refractivity contribution in [3.05, 3.63) is 33.4 Å². The van der Waals surface area contributed by atoms with E-state index in [1.54, 1.807) is 13.0 Å². The van der Waals surface area contributed by atoms with Crippen molar-refractivity contribution in [3.63, 3.8) is 0 Å². The third-order valence-corrected chi connectivity index (χ3v) is 6.86. The highest BCUT2D eigenvalue weighted by Gasteiger charge is 2.78. The molecule has 3 fully saturated rings. The van der Waals surface area contributed by atoms with Crippen molar-refractivity contribution >= 4 is 5.97 Å². The second-order valence-corrected chi connectivity index (χ2v) is 7.89. The molecule has 3 heterocycles. The lowest BCUT2D eigenvalue weighted by Gasteiger charge is -2.50. The van der Waals surface area contributed by atoms with Crippen molar-refractivity contribution in [1.82, 2.24) is 0 Å².